The molecule has 1 saturated heterocycles. The average Bonchev–Trinajstić information content (AvgIpc) is 2.92. The van der Waals surface area contributed by atoms with Crippen molar-refractivity contribution in [1.82, 2.24) is 9.80 Å². The van der Waals surface area contributed by atoms with E-state index >= 15 is 0 Å². The maximum atomic E-state index is 12.5. The van der Waals surface area contributed by atoms with Crippen LogP contribution in [0.3, 0.4) is 0 Å². The minimum absolute atomic E-state index is 0.0976. The Bertz CT molecular complexity index is 488. The van der Waals surface area contributed by atoms with Crippen LogP contribution in [0.4, 0.5) is 5.69 Å². The zero-order valence-corrected chi connectivity index (χ0v) is 13.7. The summed E-state index contributed by atoms with van der Waals surface area (Å²) in [5.41, 5.74) is 7.12. The first kappa shape index (κ1) is 15.3. The molecule has 0 spiro atoms. The molecular weight excluding hydrogens is 318 g/mol. The number of nitrogens with zero attached hydrogens (tertiary/aromatic N) is 2. The minimum atomic E-state index is 0.0976. The summed E-state index contributed by atoms with van der Waals surface area (Å²) in [5, 5.41) is 0. The lowest BCUT2D eigenvalue weighted by Crippen LogP contribution is -2.38. The van der Waals surface area contributed by atoms with Gasteiger partial charge in [0.2, 0.25) is 0 Å². The summed E-state index contributed by atoms with van der Waals surface area (Å²) in [6.07, 6.45) is 1.06. The molecule has 1 aromatic rings. The van der Waals surface area contributed by atoms with Gasteiger partial charge < -0.3 is 10.6 Å². The lowest BCUT2D eigenvalue weighted by molar-refractivity contribution is 0.0778. The largest absolute Gasteiger partial charge is 0.398 e. The Morgan fingerprint density at radius 2 is 2.15 bits per heavy atom. The smallest absolute Gasteiger partial charge is 0.253 e. The number of benzene rings is 1. The van der Waals surface area contributed by atoms with Gasteiger partial charge in [0.25, 0.3) is 5.91 Å². The van der Waals surface area contributed by atoms with Gasteiger partial charge in [-0.05, 0) is 53.6 Å². The van der Waals surface area contributed by atoms with Crippen LogP contribution >= 0.6 is 15.9 Å². The van der Waals surface area contributed by atoms with Crippen LogP contribution in [-0.4, -0.2) is 47.9 Å². The van der Waals surface area contributed by atoms with E-state index in [4.69, 9.17) is 5.73 Å². The second-order valence-electron chi connectivity index (χ2n) is 5.15. The third kappa shape index (κ3) is 3.15. The second-order valence-corrected chi connectivity index (χ2v) is 6.01. The number of carbonyl (C=O) groups is 1. The Balaban J connectivity index is 2.05. The summed E-state index contributed by atoms with van der Waals surface area (Å²) >= 11 is 3.38. The highest BCUT2D eigenvalue weighted by Crippen LogP contribution is 2.23. The van der Waals surface area contributed by atoms with Crippen molar-refractivity contribution < 1.29 is 4.79 Å². The van der Waals surface area contributed by atoms with E-state index in [2.05, 4.69) is 34.7 Å². The van der Waals surface area contributed by atoms with Crippen molar-refractivity contribution in [3.05, 3.63) is 28.2 Å². The highest BCUT2D eigenvalue weighted by molar-refractivity contribution is 9.10. The molecule has 1 fully saturated rings. The van der Waals surface area contributed by atoms with E-state index in [0.717, 1.165) is 37.1 Å². The molecule has 2 rings (SSSR count). The van der Waals surface area contributed by atoms with Crippen LogP contribution in [-0.2, 0) is 0 Å². The summed E-state index contributed by atoms with van der Waals surface area (Å²) in [5.74, 6) is 0.0976. The Morgan fingerprint density at radius 3 is 2.75 bits per heavy atom. The van der Waals surface area contributed by atoms with Crippen LogP contribution in [0, 0.1) is 0 Å². The van der Waals surface area contributed by atoms with Crippen LogP contribution < -0.4 is 5.73 Å². The Hall–Kier alpha value is -1.07. The molecule has 0 radical (unpaired) electrons. The number of amides is 1. The number of anilines is 1. The Kier molecular flexibility index (Phi) is 5.05. The standard InChI is InChI=1S/C15H22BrN3O/c1-3-18(4-2)12-7-8-19(10-12)15(20)11-5-6-14(17)13(16)9-11/h5-6,9,12H,3-4,7-8,10,17H2,1-2H3. The van der Waals surface area contributed by atoms with Gasteiger partial charge in [-0.2, -0.15) is 0 Å². The monoisotopic (exact) mass is 339 g/mol. The summed E-state index contributed by atoms with van der Waals surface area (Å²) < 4.78 is 0.780. The number of hydrogen-bond acceptors (Lipinski definition) is 3. The molecule has 1 heterocycles. The van der Waals surface area contributed by atoms with Crippen molar-refractivity contribution in [2.24, 2.45) is 0 Å². The predicted molar refractivity (Wildman–Crippen MR) is 85.8 cm³/mol. The van der Waals surface area contributed by atoms with Gasteiger partial charge in [-0.25, -0.2) is 0 Å². The van der Waals surface area contributed by atoms with Gasteiger partial charge in [-0.15, -0.1) is 0 Å². The normalized spacial score (nSPS) is 18.8. The van der Waals surface area contributed by atoms with Gasteiger partial charge in [0.05, 0.1) is 0 Å². The van der Waals surface area contributed by atoms with Gasteiger partial charge in [0, 0.05) is 34.9 Å². The van der Waals surface area contributed by atoms with Crippen LogP contribution in [0.5, 0.6) is 0 Å². The molecule has 1 atom stereocenters. The Labute approximate surface area is 129 Å². The highest BCUT2D eigenvalue weighted by Gasteiger charge is 2.29. The molecule has 20 heavy (non-hydrogen) atoms. The van der Waals surface area contributed by atoms with Crippen LogP contribution in [0.15, 0.2) is 22.7 Å². The average molecular weight is 340 g/mol. The third-order valence-electron chi connectivity index (χ3n) is 4.03. The number of likely N-dealkylation sites (tertiary alicyclic amines) is 1. The lowest BCUT2D eigenvalue weighted by Gasteiger charge is -2.26. The first-order chi connectivity index (χ1) is 9.56. The molecular formula is C15H22BrN3O. The fourth-order valence-electron chi connectivity index (χ4n) is 2.81. The Morgan fingerprint density at radius 1 is 1.45 bits per heavy atom. The molecule has 0 aromatic heterocycles. The molecule has 0 bridgehead atoms. The molecule has 0 aliphatic carbocycles. The van der Waals surface area contributed by atoms with E-state index < -0.39 is 0 Å². The second kappa shape index (κ2) is 6.59. The van der Waals surface area contributed by atoms with Crippen molar-refractivity contribution in [2.45, 2.75) is 26.3 Å². The number of nitrogens with two attached hydrogens (primary N) is 1. The summed E-state index contributed by atoms with van der Waals surface area (Å²) in [6, 6.07) is 5.87. The number of halogens is 1. The number of carbonyl (C=O) groups excluding carboxylic acids is 1. The zero-order valence-electron chi connectivity index (χ0n) is 12.1. The highest BCUT2D eigenvalue weighted by atomic mass is 79.9. The van der Waals surface area contributed by atoms with Gasteiger partial charge in [-0.1, -0.05) is 13.8 Å². The van der Waals surface area contributed by atoms with E-state index in [9.17, 15) is 4.79 Å². The quantitative estimate of drug-likeness (QED) is 0.857. The van der Waals surface area contributed by atoms with E-state index in [-0.39, 0.29) is 5.91 Å². The number of nitrogen functional groups attached to an aromatic ring is 1. The molecule has 2 N–H and O–H groups in total. The van der Waals surface area contributed by atoms with Crippen LogP contribution in [0.2, 0.25) is 0 Å². The molecule has 4 nitrogen and oxygen atoms in total. The van der Waals surface area contributed by atoms with Gasteiger partial charge in [-0.3, -0.25) is 9.69 Å². The van der Waals surface area contributed by atoms with Crippen LogP contribution in [0.1, 0.15) is 30.6 Å². The minimum Gasteiger partial charge on any atom is -0.398 e. The fraction of sp³-hybridized carbons (Fsp3) is 0.533. The van der Waals surface area contributed by atoms with Crippen molar-refractivity contribution in [3.8, 4) is 0 Å². The maximum absolute atomic E-state index is 12.5. The molecule has 1 unspecified atom stereocenters. The van der Waals surface area contributed by atoms with Crippen molar-refractivity contribution in [3.63, 3.8) is 0 Å². The molecule has 0 saturated carbocycles. The molecule has 1 aromatic carbocycles. The summed E-state index contributed by atoms with van der Waals surface area (Å²) in [6.45, 7) is 8.08. The van der Waals surface area contributed by atoms with Crippen LogP contribution in [0.25, 0.3) is 0 Å². The number of rotatable bonds is 4. The lowest BCUT2D eigenvalue weighted by atomic mass is 10.2. The number of hydrogen-bond donors (Lipinski definition) is 1. The topological polar surface area (TPSA) is 49.6 Å². The summed E-state index contributed by atoms with van der Waals surface area (Å²) in [4.78, 5) is 16.9. The van der Waals surface area contributed by atoms with E-state index in [1.807, 2.05) is 11.0 Å². The third-order valence-corrected chi connectivity index (χ3v) is 4.71. The fourth-order valence-corrected chi connectivity index (χ4v) is 3.19. The first-order valence-corrected chi connectivity index (χ1v) is 7.94. The molecule has 1 aliphatic rings. The molecule has 5 heteroatoms. The van der Waals surface area contributed by atoms with Crippen molar-refractivity contribution in [1.29, 1.82) is 0 Å². The maximum Gasteiger partial charge on any atom is 0.253 e. The number of likely N-dealkylation sites (N-methyl/N-ethyl adjacent to an activating group) is 1. The molecule has 1 aliphatic heterocycles. The van der Waals surface area contributed by atoms with E-state index in [1.165, 1.54) is 0 Å². The first-order valence-electron chi connectivity index (χ1n) is 7.15. The van der Waals surface area contributed by atoms with E-state index in [0.29, 0.717) is 17.3 Å². The predicted octanol–water partition coefficient (Wildman–Crippen LogP) is 2.59. The van der Waals surface area contributed by atoms with Gasteiger partial charge >= 0.3 is 0 Å². The SMILES string of the molecule is CCN(CC)C1CCN(C(=O)c2ccc(N)c(Br)c2)C1. The van der Waals surface area contributed by atoms with Gasteiger partial charge in [0.15, 0.2) is 0 Å². The summed E-state index contributed by atoms with van der Waals surface area (Å²) in [7, 11) is 0. The zero-order chi connectivity index (χ0) is 14.7. The van der Waals surface area contributed by atoms with Gasteiger partial charge in [0.1, 0.15) is 0 Å². The van der Waals surface area contributed by atoms with Crippen molar-refractivity contribution >= 4 is 27.5 Å². The van der Waals surface area contributed by atoms with Crippen molar-refractivity contribution in [2.75, 3.05) is 31.9 Å². The van der Waals surface area contributed by atoms with E-state index in [1.54, 1.807) is 12.1 Å². The molecule has 1 amide bonds. The molecule has 110 valence electrons.